The Labute approximate surface area is 190 Å². The number of allylic oxidation sites excluding steroid dienone is 1. The molecule has 0 saturated heterocycles. The number of nitrogens with one attached hydrogen (secondary N) is 2. The molecular weight excluding hydrogens is 468 g/mol. The van der Waals surface area contributed by atoms with Crippen molar-refractivity contribution in [3.05, 3.63) is 40.4 Å². The van der Waals surface area contributed by atoms with Crippen molar-refractivity contribution in [3.8, 4) is 0 Å². The zero-order valence-electron chi connectivity index (χ0n) is 18.1. The van der Waals surface area contributed by atoms with E-state index in [0.29, 0.717) is 18.5 Å². The van der Waals surface area contributed by atoms with Crippen LogP contribution in [0, 0.1) is 5.41 Å². The molecule has 1 heterocycles. The van der Waals surface area contributed by atoms with E-state index in [1.54, 1.807) is 12.1 Å². The van der Waals surface area contributed by atoms with Gasteiger partial charge in [0.25, 0.3) is 5.91 Å². The summed E-state index contributed by atoms with van der Waals surface area (Å²) in [4.78, 5) is 25.3. The number of carbonyl (C=O) groups is 2. The van der Waals surface area contributed by atoms with E-state index in [2.05, 4.69) is 26.6 Å². The molecule has 0 aliphatic carbocycles. The van der Waals surface area contributed by atoms with Crippen molar-refractivity contribution in [1.82, 2.24) is 5.32 Å². The number of methoxy groups -OCH3 is 1. The molecule has 31 heavy (non-hydrogen) atoms. The van der Waals surface area contributed by atoms with Crippen LogP contribution in [0.3, 0.4) is 0 Å². The molecule has 2 rings (SSSR count). The molecule has 0 unspecified atom stereocenters. The van der Waals surface area contributed by atoms with Crippen LogP contribution in [0.4, 0.5) is 5.69 Å². The zero-order chi connectivity index (χ0) is 23.3. The maximum Gasteiger partial charge on any atom is 0.252 e. The minimum Gasteiger partial charge on any atom is -0.387 e. The van der Waals surface area contributed by atoms with Gasteiger partial charge in [-0.3, -0.25) is 9.59 Å². The largest absolute Gasteiger partial charge is 0.387 e. The third-order valence-electron chi connectivity index (χ3n) is 4.98. The number of amides is 2. The molecule has 5 atom stereocenters. The predicted molar refractivity (Wildman–Crippen MR) is 120 cm³/mol. The van der Waals surface area contributed by atoms with Crippen molar-refractivity contribution in [2.45, 2.75) is 64.1 Å². The van der Waals surface area contributed by atoms with E-state index in [1.165, 1.54) is 13.2 Å². The van der Waals surface area contributed by atoms with Crippen LogP contribution in [0.5, 0.6) is 0 Å². The van der Waals surface area contributed by atoms with Crippen LogP contribution in [0.2, 0.25) is 0 Å². The molecule has 9 heteroatoms. The molecule has 0 aromatic heterocycles. The molecule has 1 aliphatic heterocycles. The summed E-state index contributed by atoms with van der Waals surface area (Å²) >= 11 is 3.40. The minimum absolute atomic E-state index is 0.232. The lowest BCUT2D eigenvalue weighted by Gasteiger charge is -2.28. The fourth-order valence-corrected chi connectivity index (χ4v) is 3.63. The van der Waals surface area contributed by atoms with Gasteiger partial charge in [0.1, 0.15) is 24.4 Å². The van der Waals surface area contributed by atoms with Crippen molar-refractivity contribution in [1.29, 1.82) is 0 Å². The number of fused-ring (bicyclic) bond motifs is 1. The summed E-state index contributed by atoms with van der Waals surface area (Å²) in [7, 11) is 1.21. The summed E-state index contributed by atoms with van der Waals surface area (Å²) in [5, 5.41) is 36.2. The minimum atomic E-state index is -1.70. The molecule has 8 nitrogen and oxygen atoms in total. The second kappa shape index (κ2) is 10.7. The Morgan fingerprint density at radius 2 is 1.97 bits per heavy atom. The van der Waals surface area contributed by atoms with E-state index in [9.17, 15) is 24.9 Å². The van der Waals surface area contributed by atoms with Gasteiger partial charge >= 0.3 is 0 Å². The average Bonchev–Trinajstić information content (AvgIpc) is 2.84. The molecule has 0 bridgehead atoms. The normalized spacial score (nSPS) is 20.9. The number of benzene rings is 1. The number of rotatable bonds is 7. The molecule has 0 radical (unpaired) electrons. The van der Waals surface area contributed by atoms with E-state index in [0.717, 1.165) is 10.0 Å². The molecule has 1 aliphatic rings. The van der Waals surface area contributed by atoms with Crippen molar-refractivity contribution in [2.24, 2.45) is 5.41 Å². The Kier molecular flexibility index (Phi) is 8.79. The first-order valence-corrected chi connectivity index (χ1v) is 10.9. The molecular formula is C22H31BrN2O6. The Bertz CT molecular complexity index is 823. The van der Waals surface area contributed by atoms with Gasteiger partial charge in [-0.25, -0.2) is 0 Å². The zero-order valence-corrected chi connectivity index (χ0v) is 19.7. The second-order valence-electron chi connectivity index (χ2n) is 8.74. The summed E-state index contributed by atoms with van der Waals surface area (Å²) in [5.41, 5.74) is 1.38. The van der Waals surface area contributed by atoms with Gasteiger partial charge in [-0.1, -0.05) is 48.9 Å². The maximum atomic E-state index is 12.7. The number of anilines is 1. The SMILES string of the molecule is CO[C@@H](C(=O)N[C@@H]1CCc2cc(Br)ccc2NC1=O)[C@H](O)[C@@H](O)[C@H](O)/C=C/C(C)(C)C. The lowest BCUT2D eigenvalue weighted by atomic mass is 9.94. The summed E-state index contributed by atoms with van der Waals surface area (Å²) in [6.07, 6.45) is -2.25. The molecule has 5 N–H and O–H groups in total. The first kappa shape index (κ1) is 25.5. The van der Waals surface area contributed by atoms with E-state index in [4.69, 9.17) is 4.74 Å². The summed E-state index contributed by atoms with van der Waals surface area (Å²) in [5.74, 6) is -1.14. The third kappa shape index (κ3) is 7.11. The third-order valence-corrected chi connectivity index (χ3v) is 5.47. The van der Waals surface area contributed by atoms with Gasteiger partial charge in [0, 0.05) is 17.3 Å². The number of aliphatic hydroxyl groups is 3. The van der Waals surface area contributed by atoms with E-state index in [1.807, 2.05) is 32.9 Å². The first-order chi connectivity index (χ1) is 14.4. The quantitative estimate of drug-likeness (QED) is 0.362. The molecule has 0 spiro atoms. The van der Waals surface area contributed by atoms with Crippen LogP contribution < -0.4 is 10.6 Å². The summed E-state index contributed by atoms with van der Waals surface area (Å²) in [6, 6.07) is 4.67. The number of carbonyl (C=O) groups excluding carboxylic acids is 2. The van der Waals surface area contributed by atoms with Gasteiger partial charge in [-0.05, 0) is 42.0 Å². The first-order valence-electron chi connectivity index (χ1n) is 10.1. The van der Waals surface area contributed by atoms with Crippen molar-refractivity contribution in [3.63, 3.8) is 0 Å². The fourth-order valence-electron chi connectivity index (χ4n) is 3.22. The predicted octanol–water partition coefficient (Wildman–Crippen LogP) is 1.52. The highest BCUT2D eigenvalue weighted by Crippen LogP contribution is 2.26. The van der Waals surface area contributed by atoms with Crippen LogP contribution in [-0.4, -0.2) is 64.7 Å². The molecule has 1 aromatic rings. The molecule has 2 amide bonds. The van der Waals surface area contributed by atoms with Crippen molar-refractivity contribution >= 4 is 33.4 Å². The summed E-state index contributed by atoms with van der Waals surface area (Å²) in [6.45, 7) is 5.75. The molecule has 1 aromatic carbocycles. The lowest BCUT2D eigenvalue weighted by molar-refractivity contribution is -0.150. The van der Waals surface area contributed by atoms with E-state index >= 15 is 0 Å². The Morgan fingerprint density at radius 1 is 1.29 bits per heavy atom. The lowest BCUT2D eigenvalue weighted by Crippen LogP contribution is -2.55. The van der Waals surface area contributed by atoms with Gasteiger partial charge in [-0.2, -0.15) is 0 Å². The van der Waals surface area contributed by atoms with Crippen molar-refractivity contribution < 1.29 is 29.6 Å². The second-order valence-corrected chi connectivity index (χ2v) is 9.66. The van der Waals surface area contributed by atoms with Gasteiger partial charge in [0.2, 0.25) is 5.91 Å². The highest BCUT2D eigenvalue weighted by molar-refractivity contribution is 9.10. The highest BCUT2D eigenvalue weighted by atomic mass is 79.9. The Morgan fingerprint density at radius 3 is 2.58 bits per heavy atom. The monoisotopic (exact) mass is 498 g/mol. The number of hydrogen-bond acceptors (Lipinski definition) is 6. The van der Waals surface area contributed by atoms with Gasteiger partial charge in [0.15, 0.2) is 6.10 Å². The van der Waals surface area contributed by atoms with E-state index < -0.39 is 36.4 Å². The topological polar surface area (TPSA) is 128 Å². The van der Waals surface area contributed by atoms with Crippen LogP contribution in [0.1, 0.15) is 32.8 Å². The van der Waals surface area contributed by atoms with E-state index in [-0.39, 0.29) is 11.3 Å². The Balaban J connectivity index is 2.05. The van der Waals surface area contributed by atoms with Crippen molar-refractivity contribution in [2.75, 3.05) is 12.4 Å². The van der Waals surface area contributed by atoms with Gasteiger partial charge < -0.3 is 30.7 Å². The highest BCUT2D eigenvalue weighted by Gasteiger charge is 2.37. The maximum absolute atomic E-state index is 12.7. The number of aliphatic hydroxyl groups excluding tert-OH is 3. The standard InChI is InChI=1S/C22H31BrN2O6/c1-22(2,3)10-9-16(26)17(27)18(28)19(31-4)21(30)25-15-7-5-12-11-13(23)6-8-14(12)24-20(15)29/h6,8-11,15-19,26-28H,5,7H2,1-4H3,(H,24,29)(H,25,30)/b10-9+/t15-,16-,17+,18-,19-/m1/s1. The van der Waals surface area contributed by atoms with Crippen LogP contribution in [0.15, 0.2) is 34.8 Å². The number of aryl methyl sites for hydroxylation is 1. The Hall–Kier alpha value is -1.78. The molecule has 0 saturated carbocycles. The smallest absolute Gasteiger partial charge is 0.252 e. The molecule has 0 fully saturated rings. The molecule has 172 valence electrons. The number of ether oxygens (including phenoxy) is 1. The van der Waals surface area contributed by atoms with Crippen LogP contribution in [-0.2, 0) is 20.7 Å². The summed E-state index contributed by atoms with van der Waals surface area (Å²) < 4.78 is 5.97. The van der Waals surface area contributed by atoms with Gasteiger partial charge in [0.05, 0.1) is 0 Å². The number of halogens is 1. The number of hydrogen-bond donors (Lipinski definition) is 5. The van der Waals surface area contributed by atoms with Crippen LogP contribution >= 0.6 is 15.9 Å². The van der Waals surface area contributed by atoms with Gasteiger partial charge in [-0.15, -0.1) is 0 Å². The fraction of sp³-hybridized carbons (Fsp3) is 0.545. The average molecular weight is 499 g/mol. The van der Waals surface area contributed by atoms with Crippen LogP contribution in [0.25, 0.3) is 0 Å².